The zero-order valence-corrected chi connectivity index (χ0v) is 8.73. The first-order valence-electron chi connectivity index (χ1n) is 5.35. The molecule has 3 heteroatoms. The van der Waals surface area contributed by atoms with Crippen LogP contribution >= 0.6 is 0 Å². The fourth-order valence-corrected chi connectivity index (χ4v) is 1.94. The number of nitrogens with zero attached hydrogens (tertiary/aromatic N) is 1. The van der Waals surface area contributed by atoms with E-state index in [-0.39, 0.29) is 11.9 Å². The topological polar surface area (TPSA) is 46.3 Å². The lowest BCUT2D eigenvalue weighted by Crippen LogP contribution is -2.32. The summed E-state index contributed by atoms with van der Waals surface area (Å²) < 4.78 is 0. The Morgan fingerprint density at radius 2 is 2.07 bits per heavy atom. The van der Waals surface area contributed by atoms with E-state index in [1.165, 1.54) is 0 Å². The molecule has 1 heterocycles. The average molecular weight is 204 g/mol. The van der Waals surface area contributed by atoms with E-state index in [4.69, 9.17) is 5.73 Å². The highest BCUT2D eigenvalue weighted by Crippen LogP contribution is 2.16. The van der Waals surface area contributed by atoms with Crippen molar-refractivity contribution >= 4 is 5.91 Å². The zero-order chi connectivity index (χ0) is 10.7. The third-order valence-electron chi connectivity index (χ3n) is 2.82. The molecule has 0 saturated carbocycles. The first-order chi connectivity index (χ1) is 7.27. The van der Waals surface area contributed by atoms with Crippen LogP contribution in [0.15, 0.2) is 30.3 Å². The molecule has 0 unspecified atom stereocenters. The Kier molecular flexibility index (Phi) is 3.02. The molecule has 1 aliphatic heterocycles. The number of likely N-dealkylation sites (tertiary alicyclic amines) is 1. The van der Waals surface area contributed by atoms with Gasteiger partial charge in [-0.3, -0.25) is 4.79 Å². The number of nitrogens with two attached hydrogens (primary N) is 1. The van der Waals surface area contributed by atoms with Crippen molar-refractivity contribution in [2.75, 3.05) is 13.1 Å². The van der Waals surface area contributed by atoms with E-state index >= 15 is 0 Å². The molecule has 0 aromatic heterocycles. The standard InChI is InChI=1S/C12H16N2O/c13-11(10-5-2-1-3-6-10)9-14-8-4-7-12(14)15/h1-3,5-6,11H,4,7-9,13H2/t11-/m1/s1. The van der Waals surface area contributed by atoms with Gasteiger partial charge in [-0.05, 0) is 12.0 Å². The molecular formula is C12H16N2O. The lowest BCUT2D eigenvalue weighted by Gasteiger charge is -2.20. The summed E-state index contributed by atoms with van der Waals surface area (Å²) in [6.07, 6.45) is 1.65. The van der Waals surface area contributed by atoms with Gasteiger partial charge in [0.05, 0.1) is 0 Å². The van der Waals surface area contributed by atoms with Crippen LogP contribution in [0.4, 0.5) is 0 Å². The number of carbonyl (C=O) groups is 1. The summed E-state index contributed by atoms with van der Waals surface area (Å²) in [5.41, 5.74) is 7.14. The lowest BCUT2D eigenvalue weighted by molar-refractivity contribution is -0.127. The van der Waals surface area contributed by atoms with E-state index < -0.39 is 0 Å². The predicted octanol–water partition coefficient (Wildman–Crippen LogP) is 1.31. The maximum Gasteiger partial charge on any atom is 0.222 e. The minimum atomic E-state index is -0.0618. The van der Waals surface area contributed by atoms with Crippen LogP contribution in [0.5, 0.6) is 0 Å². The van der Waals surface area contributed by atoms with Gasteiger partial charge < -0.3 is 10.6 Å². The molecule has 1 aromatic carbocycles. The minimum absolute atomic E-state index is 0.0618. The summed E-state index contributed by atoms with van der Waals surface area (Å²) in [4.78, 5) is 13.3. The molecule has 0 aliphatic carbocycles. The van der Waals surface area contributed by atoms with Crippen LogP contribution < -0.4 is 5.73 Å². The van der Waals surface area contributed by atoms with Crippen molar-refractivity contribution in [2.45, 2.75) is 18.9 Å². The van der Waals surface area contributed by atoms with Crippen molar-refractivity contribution in [2.24, 2.45) is 5.73 Å². The van der Waals surface area contributed by atoms with Gasteiger partial charge in [-0.1, -0.05) is 30.3 Å². The summed E-state index contributed by atoms with van der Waals surface area (Å²) in [7, 11) is 0. The monoisotopic (exact) mass is 204 g/mol. The first-order valence-corrected chi connectivity index (χ1v) is 5.35. The zero-order valence-electron chi connectivity index (χ0n) is 8.73. The van der Waals surface area contributed by atoms with Crippen LogP contribution in [-0.4, -0.2) is 23.9 Å². The number of benzene rings is 1. The molecule has 2 N–H and O–H groups in total. The molecule has 1 aliphatic rings. The molecule has 80 valence electrons. The third-order valence-corrected chi connectivity index (χ3v) is 2.82. The van der Waals surface area contributed by atoms with E-state index in [1.807, 2.05) is 35.2 Å². The Morgan fingerprint density at radius 3 is 2.67 bits per heavy atom. The summed E-state index contributed by atoms with van der Waals surface area (Å²) >= 11 is 0. The molecular weight excluding hydrogens is 188 g/mol. The Morgan fingerprint density at radius 1 is 1.33 bits per heavy atom. The fourth-order valence-electron chi connectivity index (χ4n) is 1.94. The number of hydrogen-bond acceptors (Lipinski definition) is 2. The highest BCUT2D eigenvalue weighted by molar-refractivity contribution is 5.78. The Balaban J connectivity index is 1.98. The quantitative estimate of drug-likeness (QED) is 0.807. The largest absolute Gasteiger partial charge is 0.341 e. The van der Waals surface area contributed by atoms with Crippen molar-refractivity contribution in [3.05, 3.63) is 35.9 Å². The number of hydrogen-bond donors (Lipinski definition) is 1. The van der Waals surface area contributed by atoms with Crippen LogP contribution in [-0.2, 0) is 4.79 Å². The highest BCUT2D eigenvalue weighted by Gasteiger charge is 2.22. The van der Waals surface area contributed by atoms with E-state index in [9.17, 15) is 4.79 Å². The maximum atomic E-state index is 11.4. The highest BCUT2D eigenvalue weighted by atomic mass is 16.2. The molecule has 1 saturated heterocycles. The maximum absolute atomic E-state index is 11.4. The van der Waals surface area contributed by atoms with E-state index in [1.54, 1.807) is 0 Å². The molecule has 1 fully saturated rings. The van der Waals surface area contributed by atoms with Crippen LogP contribution in [0.3, 0.4) is 0 Å². The van der Waals surface area contributed by atoms with Gasteiger partial charge in [0.1, 0.15) is 0 Å². The summed E-state index contributed by atoms with van der Waals surface area (Å²) in [5, 5.41) is 0. The Labute approximate surface area is 89.9 Å². The summed E-state index contributed by atoms with van der Waals surface area (Å²) in [5.74, 6) is 0.237. The lowest BCUT2D eigenvalue weighted by atomic mass is 10.1. The molecule has 15 heavy (non-hydrogen) atoms. The molecule has 0 radical (unpaired) electrons. The van der Waals surface area contributed by atoms with Crippen LogP contribution in [0.25, 0.3) is 0 Å². The van der Waals surface area contributed by atoms with Gasteiger partial charge in [-0.15, -0.1) is 0 Å². The van der Waals surface area contributed by atoms with Gasteiger partial charge in [0.15, 0.2) is 0 Å². The summed E-state index contributed by atoms with van der Waals surface area (Å²) in [6.45, 7) is 1.50. The Bertz CT molecular complexity index is 337. The van der Waals surface area contributed by atoms with Crippen molar-refractivity contribution in [3.63, 3.8) is 0 Å². The van der Waals surface area contributed by atoms with Crippen molar-refractivity contribution in [1.82, 2.24) is 4.90 Å². The molecule has 1 aromatic rings. The fraction of sp³-hybridized carbons (Fsp3) is 0.417. The van der Waals surface area contributed by atoms with Gasteiger partial charge >= 0.3 is 0 Å². The SMILES string of the molecule is N[C@H](CN1CCCC1=O)c1ccccc1. The minimum Gasteiger partial charge on any atom is -0.341 e. The molecule has 3 nitrogen and oxygen atoms in total. The van der Waals surface area contributed by atoms with E-state index in [0.29, 0.717) is 13.0 Å². The van der Waals surface area contributed by atoms with Crippen molar-refractivity contribution < 1.29 is 4.79 Å². The van der Waals surface area contributed by atoms with Gasteiger partial charge in [0.25, 0.3) is 0 Å². The van der Waals surface area contributed by atoms with Crippen molar-refractivity contribution in [1.29, 1.82) is 0 Å². The smallest absolute Gasteiger partial charge is 0.222 e. The van der Waals surface area contributed by atoms with Gasteiger partial charge in [0.2, 0.25) is 5.91 Å². The number of carbonyl (C=O) groups excluding carboxylic acids is 1. The molecule has 1 amide bonds. The summed E-state index contributed by atoms with van der Waals surface area (Å²) in [6, 6.07) is 9.86. The van der Waals surface area contributed by atoms with Crippen LogP contribution in [0, 0.1) is 0 Å². The normalized spacial score (nSPS) is 18.2. The molecule has 1 atom stereocenters. The third kappa shape index (κ3) is 2.36. The van der Waals surface area contributed by atoms with Crippen LogP contribution in [0.1, 0.15) is 24.4 Å². The Hall–Kier alpha value is -1.35. The molecule has 0 spiro atoms. The number of rotatable bonds is 3. The second-order valence-electron chi connectivity index (χ2n) is 3.96. The average Bonchev–Trinajstić information content (AvgIpc) is 2.66. The predicted molar refractivity (Wildman–Crippen MR) is 59.2 cm³/mol. The van der Waals surface area contributed by atoms with E-state index in [2.05, 4.69) is 0 Å². The van der Waals surface area contributed by atoms with Crippen LogP contribution in [0.2, 0.25) is 0 Å². The number of amides is 1. The second kappa shape index (κ2) is 4.45. The van der Waals surface area contributed by atoms with Crippen molar-refractivity contribution in [3.8, 4) is 0 Å². The molecule has 2 rings (SSSR count). The second-order valence-corrected chi connectivity index (χ2v) is 3.96. The van der Waals surface area contributed by atoms with Gasteiger partial charge in [0, 0.05) is 25.6 Å². The van der Waals surface area contributed by atoms with Gasteiger partial charge in [-0.25, -0.2) is 0 Å². The molecule has 0 bridgehead atoms. The first kappa shape index (κ1) is 10.2. The van der Waals surface area contributed by atoms with Gasteiger partial charge in [-0.2, -0.15) is 0 Å². The van der Waals surface area contributed by atoms with E-state index in [0.717, 1.165) is 18.5 Å².